The van der Waals surface area contributed by atoms with Gasteiger partial charge in [0.2, 0.25) is 5.88 Å². The molecule has 3 aromatic rings. The first-order valence-corrected chi connectivity index (χ1v) is 9.89. The molecule has 7 nitrogen and oxygen atoms in total. The normalized spacial score (nSPS) is 27.2. The van der Waals surface area contributed by atoms with Gasteiger partial charge in [-0.15, -0.1) is 13.2 Å². The van der Waals surface area contributed by atoms with Crippen LogP contribution in [0.2, 0.25) is 5.02 Å². The standard InChI is InChI=1S/C20H16ClF3N4O3/c21-10-4-14(13-8-26-28-15(13)5-10)19(30)6-11-12(7-19)17(11)27-18(29)9-1-2-25-16(3-9)31-20(22,23)24/h1-5,8,11-12,17,30H,6-7H2,(H,26,28)(H,27,29)/t11-,12+,17?,19?. The maximum Gasteiger partial charge on any atom is 0.574 e. The number of aliphatic hydroxyl groups is 1. The van der Waals surface area contributed by atoms with Crippen molar-refractivity contribution in [3.8, 4) is 5.88 Å². The first-order chi connectivity index (χ1) is 14.6. The number of nitrogens with zero attached hydrogens (tertiary/aromatic N) is 2. The van der Waals surface area contributed by atoms with E-state index in [9.17, 15) is 23.1 Å². The highest BCUT2D eigenvalue weighted by atomic mass is 35.5. The highest BCUT2D eigenvalue weighted by molar-refractivity contribution is 6.31. The van der Waals surface area contributed by atoms with Gasteiger partial charge in [0.1, 0.15) is 0 Å². The third-order valence-corrected chi connectivity index (χ3v) is 6.24. The number of fused-ring (bicyclic) bond motifs is 2. The molecule has 0 aliphatic heterocycles. The Morgan fingerprint density at radius 3 is 2.74 bits per heavy atom. The third-order valence-electron chi connectivity index (χ3n) is 6.02. The summed E-state index contributed by atoms with van der Waals surface area (Å²) in [6, 6.07) is 5.57. The lowest BCUT2D eigenvalue weighted by Crippen LogP contribution is -2.33. The summed E-state index contributed by atoms with van der Waals surface area (Å²) in [4.78, 5) is 16.0. The second kappa shape index (κ2) is 6.83. The van der Waals surface area contributed by atoms with E-state index in [1.54, 1.807) is 18.3 Å². The Kier molecular flexibility index (Phi) is 4.42. The van der Waals surface area contributed by atoms with Crippen molar-refractivity contribution in [1.29, 1.82) is 0 Å². The van der Waals surface area contributed by atoms with Crippen molar-refractivity contribution in [2.45, 2.75) is 30.8 Å². The molecular formula is C20H16ClF3N4O3. The zero-order valence-electron chi connectivity index (χ0n) is 15.8. The largest absolute Gasteiger partial charge is 0.574 e. The number of hydrogen-bond donors (Lipinski definition) is 3. The van der Waals surface area contributed by atoms with Crippen molar-refractivity contribution in [2.75, 3.05) is 0 Å². The molecule has 2 aliphatic carbocycles. The van der Waals surface area contributed by atoms with Crippen molar-refractivity contribution in [3.63, 3.8) is 0 Å². The summed E-state index contributed by atoms with van der Waals surface area (Å²) >= 11 is 6.19. The second-order valence-electron chi connectivity index (χ2n) is 7.98. The molecule has 2 unspecified atom stereocenters. The monoisotopic (exact) mass is 452 g/mol. The topological polar surface area (TPSA) is 100 Å². The summed E-state index contributed by atoms with van der Waals surface area (Å²) in [6.45, 7) is 0. The van der Waals surface area contributed by atoms with E-state index in [0.29, 0.717) is 23.4 Å². The van der Waals surface area contributed by atoms with Crippen molar-refractivity contribution in [1.82, 2.24) is 20.5 Å². The van der Waals surface area contributed by atoms with Gasteiger partial charge in [0, 0.05) is 34.3 Å². The molecule has 2 heterocycles. The van der Waals surface area contributed by atoms with Crippen molar-refractivity contribution in [2.24, 2.45) is 11.8 Å². The van der Waals surface area contributed by atoms with Crippen LogP contribution in [0.15, 0.2) is 36.7 Å². The zero-order valence-corrected chi connectivity index (χ0v) is 16.5. The lowest BCUT2D eigenvalue weighted by atomic mass is 9.86. The molecule has 4 atom stereocenters. The molecule has 5 rings (SSSR count). The van der Waals surface area contributed by atoms with E-state index < -0.39 is 23.8 Å². The van der Waals surface area contributed by atoms with Crippen LogP contribution in [0.25, 0.3) is 10.9 Å². The van der Waals surface area contributed by atoms with E-state index in [0.717, 1.165) is 23.2 Å². The van der Waals surface area contributed by atoms with Crippen LogP contribution in [0.5, 0.6) is 5.88 Å². The first kappa shape index (κ1) is 20.1. The maximum absolute atomic E-state index is 12.5. The lowest BCUT2D eigenvalue weighted by molar-refractivity contribution is -0.276. The molecule has 2 saturated carbocycles. The van der Waals surface area contributed by atoms with Crippen molar-refractivity contribution in [3.05, 3.63) is 52.8 Å². The van der Waals surface area contributed by atoms with Crippen molar-refractivity contribution < 1.29 is 27.8 Å². The summed E-state index contributed by atoms with van der Waals surface area (Å²) in [7, 11) is 0. The van der Waals surface area contributed by atoms with E-state index in [2.05, 4.69) is 25.2 Å². The van der Waals surface area contributed by atoms with Gasteiger partial charge in [0.25, 0.3) is 5.91 Å². The van der Waals surface area contributed by atoms with E-state index in [-0.39, 0.29) is 23.4 Å². The SMILES string of the molecule is O=C(NC1[C@H]2CC(O)(c3cc(Cl)cc4[nH]ncc34)C[C@@H]12)c1ccnc(OC(F)(F)F)c1. The minimum Gasteiger partial charge on any atom is -0.388 e. The summed E-state index contributed by atoms with van der Waals surface area (Å²) in [5.74, 6) is -1.10. The third kappa shape index (κ3) is 3.70. The number of pyridine rings is 1. The van der Waals surface area contributed by atoms with E-state index in [1.165, 1.54) is 6.07 Å². The van der Waals surface area contributed by atoms with Gasteiger partial charge in [-0.2, -0.15) is 5.10 Å². The summed E-state index contributed by atoms with van der Waals surface area (Å²) in [5.41, 5.74) is 0.359. The molecule has 0 saturated heterocycles. The Morgan fingerprint density at radius 1 is 1.29 bits per heavy atom. The Labute approximate surface area is 178 Å². The van der Waals surface area contributed by atoms with Crippen LogP contribution in [0.4, 0.5) is 13.2 Å². The number of aromatic nitrogens is 3. The Bertz CT molecular complexity index is 1170. The first-order valence-electron chi connectivity index (χ1n) is 9.51. The number of carbonyl (C=O) groups excluding carboxylic acids is 1. The molecular weight excluding hydrogens is 437 g/mol. The smallest absolute Gasteiger partial charge is 0.388 e. The number of rotatable bonds is 4. The number of benzene rings is 1. The number of alkyl halides is 3. The van der Waals surface area contributed by atoms with Gasteiger partial charge in [-0.1, -0.05) is 11.6 Å². The average Bonchev–Trinajstić information content (AvgIpc) is 3.04. The molecule has 3 N–H and O–H groups in total. The van der Waals surface area contributed by atoms with Crippen LogP contribution in [0.3, 0.4) is 0 Å². The molecule has 2 fully saturated rings. The number of amides is 1. The molecule has 2 aliphatic rings. The van der Waals surface area contributed by atoms with Gasteiger partial charge < -0.3 is 15.2 Å². The molecule has 2 aromatic heterocycles. The van der Waals surface area contributed by atoms with Gasteiger partial charge in [-0.05, 0) is 48.4 Å². The van der Waals surface area contributed by atoms with Gasteiger partial charge in [-0.25, -0.2) is 4.98 Å². The molecule has 1 amide bonds. The van der Waals surface area contributed by atoms with E-state index >= 15 is 0 Å². The molecule has 11 heteroatoms. The zero-order chi connectivity index (χ0) is 22.0. The minimum absolute atomic E-state index is 0.0180. The Hall–Kier alpha value is -2.85. The number of nitrogens with one attached hydrogen (secondary N) is 2. The summed E-state index contributed by atoms with van der Waals surface area (Å²) in [6.07, 6.45) is -1.30. The van der Waals surface area contributed by atoms with Crippen LogP contribution in [-0.2, 0) is 5.60 Å². The Morgan fingerprint density at radius 2 is 2.03 bits per heavy atom. The van der Waals surface area contributed by atoms with Crippen LogP contribution in [0.1, 0.15) is 28.8 Å². The van der Waals surface area contributed by atoms with Crippen LogP contribution in [0, 0.1) is 11.8 Å². The van der Waals surface area contributed by atoms with Gasteiger partial charge in [0.05, 0.1) is 17.3 Å². The van der Waals surface area contributed by atoms with Gasteiger partial charge in [-0.3, -0.25) is 9.89 Å². The predicted octanol–water partition coefficient (Wildman–Crippen LogP) is 3.54. The second-order valence-corrected chi connectivity index (χ2v) is 8.42. The number of aromatic amines is 1. The molecule has 0 bridgehead atoms. The fourth-order valence-electron chi connectivity index (χ4n) is 4.66. The summed E-state index contributed by atoms with van der Waals surface area (Å²) in [5, 5.41) is 22.3. The number of H-pyrrole nitrogens is 1. The molecule has 0 radical (unpaired) electrons. The molecule has 31 heavy (non-hydrogen) atoms. The van der Waals surface area contributed by atoms with Crippen LogP contribution < -0.4 is 10.1 Å². The maximum atomic E-state index is 12.5. The highest BCUT2D eigenvalue weighted by Gasteiger charge is 2.62. The summed E-state index contributed by atoms with van der Waals surface area (Å²) < 4.78 is 40.9. The van der Waals surface area contributed by atoms with Gasteiger partial charge in [0.15, 0.2) is 0 Å². The molecule has 162 valence electrons. The number of hydrogen-bond acceptors (Lipinski definition) is 5. The van der Waals surface area contributed by atoms with Gasteiger partial charge >= 0.3 is 6.36 Å². The number of halogens is 4. The van der Waals surface area contributed by atoms with E-state index in [1.807, 2.05) is 0 Å². The fourth-order valence-corrected chi connectivity index (χ4v) is 4.88. The van der Waals surface area contributed by atoms with Crippen LogP contribution in [-0.4, -0.2) is 38.6 Å². The predicted molar refractivity (Wildman–Crippen MR) is 103 cm³/mol. The Balaban J connectivity index is 1.27. The van der Waals surface area contributed by atoms with Crippen molar-refractivity contribution >= 4 is 28.4 Å². The minimum atomic E-state index is -4.89. The highest BCUT2D eigenvalue weighted by Crippen LogP contribution is 2.60. The fraction of sp³-hybridized carbons (Fsp3) is 0.350. The van der Waals surface area contributed by atoms with E-state index in [4.69, 9.17) is 11.6 Å². The number of carbonyl (C=O) groups is 1. The number of ether oxygens (including phenoxy) is 1. The quantitative estimate of drug-likeness (QED) is 0.562. The molecule has 1 aromatic carbocycles. The lowest BCUT2D eigenvalue weighted by Gasteiger charge is -2.27. The van der Waals surface area contributed by atoms with Crippen LogP contribution >= 0.6 is 11.6 Å². The molecule has 0 spiro atoms. The average molecular weight is 453 g/mol.